The number of amides is 1. The van der Waals surface area contributed by atoms with Gasteiger partial charge in [-0.15, -0.1) is 0 Å². The van der Waals surface area contributed by atoms with Gasteiger partial charge in [0.15, 0.2) is 11.0 Å². The summed E-state index contributed by atoms with van der Waals surface area (Å²) >= 11 is 7.08. The molecule has 1 aromatic carbocycles. The van der Waals surface area contributed by atoms with Crippen molar-refractivity contribution in [3.8, 4) is 5.88 Å². The summed E-state index contributed by atoms with van der Waals surface area (Å²) in [5.74, 6) is -0.00152. The van der Waals surface area contributed by atoms with Gasteiger partial charge in [0.1, 0.15) is 10.4 Å². The Labute approximate surface area is 181 Å². The van der Waals surface area contributed by atoms with Gasteiger partial charge < -0.3 is 15.0 Å². The predicted octanol–water partition coefficient (Wildman–Crippen LogP) is 5.52. The highest BCUT2D eigenvalue weighted by Gasteiger charge is 2.29. The number of thiazole rings is 1. The summed E-state index contributed by atoms with van der Waals surface area (Å²) in [7, 11) is 0. The number of hydrogen-bond donors (Lipinski definition) is 2. The van der Waals surface area contributed by atoms with E-state index < -0.39 is 11.0 Å². The van der Waals surface area contributed by atoms with Crippen LogP contribution in [0.2, 0.25) is 4.34 Å². The number of benzene rings is 1. The molecule has 1 aliphatic carbocycles. The van der Waals surface area contributed by atoms with Gasteiger partial charge in [-0.2, -0.15) is 0 Å². The lowest BCUT2D eigenvalue weighted by Gasteiger charge is -2.27. The third kappa shape index (κ3) is 4.27. The van der Waals surface area contributed by atoms with Crippen molar-refractivity contribution in [1.82, 2.24) is 9.55 Å². The highest BCUT2D eigenvalue weighted by Crippen LogP contribution is 2.37. The number of carbonyl (C=O) groups is 1. The molecule has 0 aliphatic heterocycles. The smallest absolute Gasteiger partial charge is 0.270 e. The van der Waals surface area contributed by atoms with Crippen LogP contribution in [0.25, 0.3) is 10.8 Å². The molecule has 2 N–H and O–H groups in total. The second kappa shape index (κ2) is 8.61. The third-order valence-electron chi connectivity index (χ3n) is 5.64. The first-order valence-corrected chi connectivity index (χ1v) is 11.0. The van der Waals surface area contributed by atoms with Crippen molar-refractivity contribution in [3.05, 3.63) is 45.0 Å². The Morgan fingerprint density at radius 1 is 1.40 bits per heavy atom. The summed E-state index contributed by atoms with van der Waals surface area (Å²) in [6, 6.07) is 3.60. The van der Waals surface area contributed by atoms with Gasteiger partial charge in [0.25, 0.3) is 5.69 Å². The van der Waals surface area contributed by atoms with Crippen molar-refractivity contribution in [2.45, 2.75) is 44.6 Å². The van der Waals surface area contributed by atoms with E-state index in [0.29, 0.717) is 32.6 Å². The van der Waals surface area contributed by atoms with E-state index in [1.807, 2.05) is 0 Å². The average molecular weight is 449 g/mol. The van der Waals surface area contributed by atoms with Gasteiger partial charge in [0.05, 0.1) is 11.1 Å². The van der Waals surface area contributed by atoms with Crippen molar-refractivity contribution in [1.29, 1.82) is 0 Å². The molecule has 158 valence electrons. The van der Waals surface area contributed by atoms with Crippen molar-refractivity contribution in [2.75, 3.05) is 5.32 Å². The monoisotopic (exact) mass is 448 g/mol. The number of anilines is 1. The average Bonchev–Trinajstić information content (AvgIpc) is 3.29. The van der Waals surface area contributed by atoms with Gasteiger partial charge in [-0.3, -0.25) is 14.9 Å². The number of nitro benzene ring substituents is 1. The van der Waals surface area contributed by atoms with Crippen molar-refractivity contribution in [3.63, 3.8) is 0 Å². The molecule has 0 spiro atoms. The number of halogens is 1. The number of non-ortho nitro benzene ring substituents is 1. The molecule has 10 heteroatoms. The van der Waals surface area contributed by atoms with Crippen molar-refractivity contribution in [2.24, 2.45) is 5.92 Å². The van der Waals surface area contributed by atoms with Crippen LogP contribution in [0.4, 0.5) is 10.8 Å². The normalized spacial score (nSPS) is 15.9. The fourth-order valence-electron chi connectivity index (χ4n) is 4.15. The molecule has 1 atom stereocenters. The predicted molar refractivity (Wildman–Crippen MR) is 116 cm³/mol. The van der Waals surface area contributed by atoms with E-state index in [4.69, 9.17) is 11.6 Å². The Morgan fingerprint density at radius 2 is 2.17 bits per heavy atom. The zero-order valence-corrected chi connectivity index (χ0v) is 17.7. The molecular formula is C20H21ClN4O4S. The van der Waals surface area contributed by atoms with Gasteiger partial charge >= 0.3 is 0 Å². The Bertz CT molecular complexity index is 1090. The summed E-state index contributed by atoms with van der Waals surface area (Å²) in [6.45, 7) is 0. The minimum absolute atomic E-state index is 0.0645. The van der Waals surface area contributed by atoms with E-state index in [2.05, 4.69) is 10.3 Å². The summed E-state index contributed by atoms with van der Waals surface area (Å²) in [4.78, 5) is 27.9. The first kappa shape index (κ1) is 20.6. The SMILES string of the molecule is O=C(Nc1ncc(Cl)s1)[C@H](CC1CCCCC1)n1cc2cc([N+](=O)[O-])ccc2c1O. The molecule has 0 bridgehead atoms. The fourth-order valence-corrected chi connectivity index (χ4v) is 4.96. The van der Waals surface area contributed by atoms with Crippen LogP contribution in [0.1, 0.15) is 44.6 Å². The van der Waals surface area contributed by atoms with Gasteiger partial charge in [0.2, 0.25) is 5.91 Å². The lowest BCUT2D eigenvalue weighted by molar-refractivity contribution is -0.384. The molecule has 2 heterocycles. The summed E-state index contributed by atoms with van der Waals surface area (Å²) < 4.78 is 1.99. The summed E-state index contributed by atoms with van der Waals surface area (Å²) in [5, 5.41) is 26.1. The summed E-state index contributed by atoms with van der Waals surface area (Å²) in [5.41, 5.74) is -0.0645. The number of nitrogens with zero attached hydrogens (tertiary/aromatic N) is 3. The molecule has 30 heavy (non-hydrogen) atoms. The molecule has 8 nitrogen and oxygen atoms in total. The largest absolute Gasteiger partial charge is 0.494 e. The number of nitro groups is 1. The maximum Gasteiger partial charge on any atom is 0.270 e. The van der Waals surface area contributed by atoms with Crippen LogP contribution in [0.15, 0.2) is 30.6 Å². The molecule has 1 saturated carbocycles. The van der Waals surface area contributed by atoms with Gasteiger partial charge in [-0.1, -0.05) is 55.0 Å². The highest BCUT2D eigenvalue weighted by molar-refractivity contribution is 7.19. The Kier molecular flexibility index (Phi) is 5.92. The van der Waals surface area contributed by atoms with Crippen LogP contribution in [-0.4, -0.2) is 25.5 Å². The summed E-state index contributed by atoms with van der Waals surface area (Å²) in [6.07, 6.45) is 9.20. The molecule has 1 amide bonds. The topological polar surface area (TPSA) is 110 Å². The molecule has 1 aliphatic rings. The highest BCUT2D eigenvalue weighted by atomic mass is 35.5. The van der Waals surface area contributed by atoms with Crippen LogP contribution in [0.3, 0.4) is 0 Å². The van der Waals surface area contributed by atoms with Crippen molar-refractivity contribution < 1.29 is 14.8 Å². The number of nitrogens with one attached hydrogen (secondary N) is 1. The fraction of sp³-hybridized carbons (Fsp3) is 0.400. The van der Waals surface area contributed by atoms with Crippen LogP contribution in [-0.2, 0) is 4.79 Å². The first-order valence-electron chi connectivity index (χ1n) is 9.82. The van der Waals surface area contributed by atoms with E-state index in [1.165, 1.54) is 35.4 Å². The molecule has 4 rings (SSSR count). The molecule has 0 saturated heterocycles. The quantitative estimate of drug-likeness (QED) is 0.381. The Hall–Kier alpha value is -2.65. The number of carbonyl (C=O) groups excluding carboxylic acids is 1. The number of aromatic hydroxyl groups is 1. The molecule has 0 unspecified atom stereocenters. The lowest BCUT2D eigenvalue weighted by Crippen LogP contribution is -2.28. The second-order valence-corrected chi connectivity index (χ2v) is 9.26. The van der Waals surface area contributed by atoms with E-state index in [9.17, 15) is 20.0 Å². The number of fused-ring (bicyclic) bond motifs is 1. The molecule has 2 aromatic heterocycles. The van der Waals surface area contributed by atoms with Crippen LogP contribution < -0.4 is 5.32 Å². The first-order chi connectivity index (χ1) is 14.4. The van der Waals surface area contributed by atoms with E-state index >= 15 is 0 Å². The van der Waals surface area contributed by atoms with E-state index in [1.54, 1.807) is 6.20 Å². The van der Waals surface area contributed by atoms with Gasteiger partial charge in [-0.05, 0) is 18.4 Å². The lowest BCUT2D eigenvalue weighted by atomic mass is 9.84. The standard InChI is InChI=1S/C20H21ClN4O4S/c21-17-10-22-20(30-17)23-18(26)16(8-12-4-2-1-3-5-12)24-11-13-9-14(25(28)29)6-7-15(13)19(24)27/h6-7,9-12,16,27H,1-5,8H2,(H,22,23,26)/t16-/m0/s1. The van der Waals surface area contributed by atoms with Gasteiger partial charge in [-0.25, -0.2) is 4.98 Å². The van der Waals surface area contributed by atoms with Crippen LogP contribution >= 0.6 is 22.9 Å². The van der Waals surface area contributed by atoms with Crippen LogP contribution in [0, 0.1) is 16.0 Å². The Morgan fingerprint density at radius 3 is 2.83 bits per heavy atom. The maximum absolute atomic E-state index is 13.2. The number of hydrogen-bond acceptors (Lipinski definition) is 6. The third-order valence-corrected chi connectivity index (χ3v) is 6.67. The molecule has 0 radical (unpaired) electrons. The van der Waals surface area contributed by atoms with E-state index in [0.717, 1.165) is 37.0 Å². The zero-order valence-electron chi connectivity index (χ0n) is 16.1. The molecule has 1 fully saturated rings. The van der Waals surface area contributed by atoms with Crippen LogP contribution in [0.5, 0.6) is 5.88 Å². The van der Waals surface area contributed by atoms with E-state index in [-0.39, 0.29) is 17.5 Å². The minimum atomic E-state index is -0.665. The minimum Gasteiger partial charge on any atom is -0.494 e. The van der Waals surface area contributed by atoms with Gasteiger partial charge in [0, 0.05) is 29.1 Å². The molecular weight excluding hydrogens is 428 g/mol. The van der Waals surface area contributed by atoms with Crippen molar-refractivity contribution >= 4 is 50.4 Å². The Balaban J connectivity index is 1.69. The molecule has 3 aromatic rings. The number of aromatic nitrogens is 2. The number of rotatable bonds is 6. The zero-order chi connectivity index (χ0) is 21.3. The second-order valence-electron chi connectivity index (χ2n) is 7.60. The maximum atomic E-state index is 13.2.